The number of ether oxygens (including phenoxy) is 8. The molecule has 4 aliphatic rings. The number of methoxy groups -OCH3 is 1. The van der Waals surface area contributed by atoms with Crippen LogP contribution in [0.4, 0.5) is 0 Å². The third kappa shape index (κ3) is 12.4. The monoisotopic (exact) mass is 864 g/mol. The van der Waals surface area contributed by atoms with Gasteiger partial charge in [-0.05, 0) is 12.8 Å². The van der Waals surface area contributed by atoms with Gasteiger partial charge in [0.25, 0.3) is 0 Å². The zero-order valence-corrected chi connectivity index (χ0v) is 33.8. The molecule has 0 saturated carbocycles. The Morgan fingerprint density at radius 1 is 0.684 bits per heavy atom. The van der Waals surface area contributed by atoms with Crippen molar-refractivity contribution in [2.24, 2.45) is 4.99 Å². The zero-order chi connectivity index (χ0) is 41.8. The number of carbonyl (C=O) groups excluding carboxylic acids is 1. The molecule has 4 rings (SSSR count). The van der Waals surface area contributed by atoms with Crippen LogP contribution in [0.15, 0.2) is 4.99 Å². The normalized spacial score (nSPS) is 44.6. The largest absolute Gasteiger partial charge is 1.00 e. The Kier molecular flexibility index (Phi) is 19.2. The molecule has 4 aliphatic heterocycles. The summed E-state index contributed by atoms with van der Waals surface area (Å²) >= 11 is 0. The number of aliphatic imine (C=N–C) groups is 1. The van der Waals surface area contributed by atoms with Crippen molar-refractivity contribution < 1.29 is 146 Å². The second-order valence-corrected chi connectivity index (χ2v) is 14.4. The Bertz CT molecular complexity index is 1410. The molecule has 0 aromatic carbocycles. The summed E-state index contributed by atoms with van der Waals surface area (Å²) in [6, 6.07) is -3.12. The summed E-state index contributed by atoms with van der Waals surface area (Å²) in [7, 11) is -4.03. The molecule has 4 fully saturated rings. The van der Waals surface area contributed by atoms with Crippen molar-refractivity contribution >= 4 is 22.2 Å². The standard InChI is InChI=1S/C29H50N2O24S.Na/c1-8(34)30-14-19(39)24(54-28-22(42)20(40)16(36)10(4-32)50-28)13(7-49-56(44,45)46)53-27(14)48-6-12-18(38)25(15(31-9(2)35)26(47-3)52-12)55-29-23(43)21(41)17(37)11(5-33)51-29;/h10-29,32-33,36-43H,4-7H2,1-3H3,(H,30,34)(H,31,35)(H,44,45,46);/q;+1/p-1/t10-,11-,12-,13-,14-,15-,16+,17+,18+,19-,20+,21+,22-,23-,24-,25-,26+,27-,28+,29+;/m1./s1. The Morgan fingerprint density at radius 3 is 1.63 bits per heavy atom. The van der Waals surface area contributed by atoms with E-state index < -0.39 is 171 Å². The third-order valence-corrected chi connectivity index (χ3v) is 9.77. The van der Waals surface area contributed by atoms with Crippen molar-refractivity contribution in [3.63, 3.8) is 0 Å². The first kappa shape index (κ1) is 50.4. The van der Waals surface area contributed by atoms with E-state index in [4.69, 9.17) is 37.9 Å². The molecule has 0 aliphatic carbocycles. The van der Waals surface area contributed by atoms with Crippen LogP contribution in [-0.2, 0) is 57.3 Å². The molecule has 4 saturated heterocycles. The fourth-order valence-corrected chi connectivity index (χ4v) is 6.82. The van der Waals surface area contributed by atoms with Crippen molar-refractivity contribution in [2.75, 3.05) is 33.5 Å². The summed E-state index contributed by atoms with van der Waals surface area (Å²) in [5.41, 5.74) is 0. The maximum Gasteiger partial charge on any atom is 1.00 e. The topological polar surface area (TPSA) is 404 Å². The molecular weight excluding hydrogens is 815 g/mol. The van der Waals surface area contributed by atoms with Gasteiger partial charge in [-0.1, -0.05) is 0 Å². The Hall–Kier alpha value is -0.910. The molecule has 12 N–H and O–H groups in total. The molecule has 26 nitrogen and oxygen atoms in total. The molecule has 4 heterocycles. The summed E-state index contributed by atoms with van der Waals surface area (Å²) in [5, 5.41) is 119. The number of aliphatic hydroxyl groups excluding tert-OH is 10. The van der Waals surface area contributed by atoms with E-state index in [1.807, 2.05) is 0 Å². The van der Waals surface area contributed by atoms with E-state index in [9.17, 15) is 73.9 Å². The summed E-state index contributed by atoms with van der Waals surface area (Å²) in [6.45, 7) is -1.51. The molecule has 20 atom stereocenters. The Balaban J connectivity index is 0.00000870. The van der Waals surface area contributed by atoms with Crippen LogP contribution in [0.5, 0.6) is 0 Å². The van der Waals surface area contributed by atoms with Gasteiger partial charge in [-0.15, -0.1) is 0 Å². The van der Waals surface area contributed by atoms with Gasteiger partial charge in [-0.3, -0.25) is 14.3 Å². The van der Waals surface area contributed by atoms with Crippen LogP contribution in [-0.4, -0.2) is 232 Å². The van der Waals surface area contributed by atoms with E-state index >= 15 is 0 Å². The van der Waals surface area contributed by atoms with E-state index in [0.717, 1.165) is 21.0 Å². The number of hydrogen-bond donors (Lipinski definition) is 12. The minimum atomic E-state index is -5.19. The van der Waals surface area contributed by atoms with Crippen LogP contribution in [0, 0.1) is 0 Å². The second kappa shape index (κ2) is 21.7. The predicted octanol–water partition coefficient (Wildman–Crippen LogP) is -12.3. The minimum absolute atomic E-state index is 0. The molecule has 57 heavy (non-hydrogen) atoms. The van der Waals surface area contributed by atoms with Crippen molar-refractivity contribution in [2.45, 2.75) is 137 Å². The van der Waals surface area contributed by atoms with E-state index in [1.54, 1.807) is 0 Å². The molecule has 28 heteroatoms. The van der Waals surface area contributed by atoms with Crippen molar-refractivity contribution in [3.8, 4) is 0 Å². The minimum Gasteiger partial charge on any atom is -0.862 e. The van der Waals surface area contributed by atoms with Gasteiger partial charge in [0, 0.05) is 14.0 Å². The number of rotatable bonds is 15. The molecule has 0 radical (unpaired) electrons. The number of amides is 1. The van der Waals surface area contributed by atoms with Crippen LogP contribution in [0.3, 0.4) is 0 Å². The fraction of sp³-hybridized carbons (Fsp3) is 0.931. The molecular formula is C29H49N2NaO24S. The van der Waals surface area contributed by atoms with Crippen LogP contribution in [0.25, 0.3) is 0 Å². The van der Waals surface area contributed by atoms with Crippen LogP contribution in [0.2, 0.25) is 0 Å². The van der Waals surface area contributed by atoms with Crippen LogP contribution >= 0.6 is 0 Å². The predicted molar refractivity (Wildman–Crippen MR) is 172 cm³/mol. The van der Waals surface area contributed by atoms with Gasteiger partial charge in [0.05, 0.1) is 26.4 Å². The number of aliphatic hydroxyl groups is 10. The number of carbonyl (C=O) groups is 1. The molecule has 0 spiro atoms. The maximum absolute atomic E-state index is 12.2. The smallest absolute Gasteiger partial charge is 0.862 e. The summed E-state index contributed by atoms with van der Waals surface area (Å²) in [4.78, 5) is 15.9. The van der Waals surface area contributed by atoms with Gasteiger partial charge in [-0.2, -0.15) is 8.42 Å². The molecule has 0 unspecified atom stereocenters. The van der Waals surface area contributed by atoms with Gasteiger partial charge >= 0.3 is 40.0 Å². The first-order chi connectivity index (χ1) is 26.2. The van der Waals surface area contributed by atoms with E-state index in [0.29, 0.717) is 0 Å². The van der Waals surface area contributed by atoms with Gasteiger partial charge < -0.3 is 99.4 Å². The average molecular weight is 865 g/mol. The number of hydrogen-bond acceptors (Lipinski definition) is 24. The van der Waals surface area contributed by atoms with Crippen molar-refractivity contribution in [1.29, 1.82) is 0 Å². The van der Waals surface area contributed by atoms with Crippen LogP contribution < -0.4 is 40.0 Å². The Labute approximate surface area is 347 Å². The molecule has 0 bridgehead atoms. The SMILES string of the molecule is CO[C@H]1O[C@H](CO[C@@H]2O[C@H](COS(=O)(=O)O)[C@@H](O[C@@H]3O[C@H](CO)[C@H](O)[C@H](O)[C@H]3O)[C@H](O)[C@H]2N=C(C)[O-])[C@H](O)[C@H](O[C@@H]2O[C@H](CO)[C@H](O)[C@H](O)[C@H]2O)[C@H]1NC(C)=O.[Na+]. The number of nitrogens with one attached hydrogen (secondary N) is 1. The maximum atomic E-state index is 12.2. The van der Waals surface area contributed by atoms with Gasteiger partial charge in [-0.25, -0.2) is 4.18 Å². The zero-order valence-electron chi connectivity index (χ0n) is 31.0. The molecule has 0 aromatic heterocycles. The first-order valence-electron chi connectivity index (χ1n) is 17.1. The number of nitrogens with zero attached hydrogens (tertiary/aromatic N) is 1. The molecule has 326 valence electrons. The third-order valence-electron chi connectivity index (χ3n) is 9.33. The van der Waals surface area contributed by atoms with Crippen molar-refractivity contribution in [3.05, 3.63) is 0 Å². The molecule has 0 aromatic rings. The van der Waals surface area contributed by atoms with E-state index in [1.165, 1.54) is 0 Å². The van der Waals surface area contributed by atoms with Gasteiger partial charge in [0.15, 0.2) is 25.2 Å². The molecule has 1 amide bonds. The van der Waals surface area contributed by atoms with Gasteiger partial charge in [0.1, 0.15) is 97.5 Å². The first-order valence-corrected chi connectivity index (χ1v) is 18.4. The average Bonchev–Trinajstić information content (AvgIpc) is 3.13. The van der Waals surface area contributed by atoms with Crippen LogP contribution in [0.1, 0.15) is 13.8 Å². The van der Waals surface area contributed by atoms with Crippen molar-refractivity contribution in [1.82, 2.24) is 5.32 Å². The summed E-state index contributed by atoms with van der Waals surface area (Å²) in [6.07, 6.45) is -32.1. The summed E-state index contributed by atoms with van der Waals surface area (Å²) < 4.78 is 81.6. The van der Waals surface area contributed by atoms with E-state index in [-0.39, 0.29) is 29.6 Å². The Morgan fingerprint density at radius 2 is 1.18 bits per heavy atom. The van der Waals surface area contributed by atoms with Gasteiger partial charge in [0.2, 0.25) is 5.91 Å². The second-order valence-electron chi connectivity index (χ2n) is 13.3. The summed E-state index contributed by atoms with van der Waals surface area (Å²) in [5.74, 6) is -1.58. The fourth-order valence-electron chi connectivity index (χ4n) is 6.51. The van der Waals surface area contributed by atoms with E-state index in [2.05, 4.69) is 14.5 Å². The quantitative estimate of drug-likeness (QED) is 0.0315.